The van der Waals surface area contributed by atoms with E-state index in [1.165, 1.54) is 0 Å². The lowest BCUT2D eigenvalue weighted by atomic mass is 10.1. The number of hydrogen-bond donors (Lipinski definition) is 0. The Bertz CT molecular complexity index is 741. The van der Waals surface area contributed by atoms with Crippen molar-refractivity contribution < 1.29 is 22.7 Å². The quantitative estimate of drug-likeness (QED) is 0.622. The SMILES string of the molecule is C/C(=N\OCc1nc(C(F)(F)F)cs1)c1ccc2c(c1)CCO2. The van der Waals surface area contributed by atoms with Crippen LogP contribution in [0.5, 0.6) is 5.75 Å². The van der Waals surface area contributed by atoms with Crippen molar-refractivity contribution in [3.8, 4) is 5.75 Å². The molecule has 0 radical (unpaired) electrons. The maximum atomic E-state index is 12.4. The average Bonchev–Trinajstić information content (AvgIpc) is 3.14. The lowest BCUT2D eigenvalue weighted by Gasteiger charge is -2.04. The lowest BCUT2D eigenvalue weighted by Crippen LogP contribution is -2.05. The van der Waals surface area contributed by atoms with E-state index in [1.54, 1.807) is 6.92 Å². The van der Waals surface area contributed by atoms with Gasteiger partial charge in [0.15, 0.2) is 12.3 Å². The second-order valence-corrected chi connectivity index (χ2v) is 5.94. The number of oxime groups is 1. The van der Waals surface area contributed by atoms with Crippen LogP contribution in [0.3, 0.4) is 0 Å². The van der Waals surface area contributed by atoms with E-state index in [-0.39, 0.29) is 11.6 Å². The molecule has 0 bridgehead atoms. The number of alkyl halides is 3. The van der Waals surface area contributed by atoms with Crippen LogP contribution in [0.25, 0.3) is 0 Å². The minimum atomic E-state index is -4.43. The molecule has 0 fully saturated rings. The predicted molar refractivity (Wildman–Crippen MR) is 79.8 cm³/mol. The number of ether oxygens (including phenoxy) is 1. The Labute approximate surface area is 134 Å². The highest BCUT2D eigenvalue weighted by atomic mass is 32.1. The normalized spacial score (nSPS) is 14.5. The summed E-state index contributed by atoms with van der Waals surface area (Å²) in [5, 5.41) is 5.15. The number of fused-ring (bicyclic) bond motifs is 1. The molecule has 122 valence electrons. The number of nitrogens with zero attached hydrogens (tertiary/aromatic N) is 2. The van der Waals surface area contributed by atoms with Crippen molar-refractivity contribution >= 4 is 17.0 Å². The van der Waals surface area contributed by atoms with Crippen LogP contribution in [0.4, 0.5) is 13.2 Å². The summed E-state index contributed by atoms with van der Waals surface area (Å²) >= 11 is 0.898. The van der Waals surface area contributed by atoms with Gasteiger partial charge in [-0.2, -0.15) is 13.2 Å². The Balaban J connectivity index is 1.62. The van der Waals surface area contributed by atoms with Crippen LogP contribution < -0.4 is 4.74 Å². The van der Waals surface area contributed by atoms with E-state index >= 15 is 0 Å². The fraction of sp³-hybridized carbons (Fsp3) is 0.333. The molecule has 23 heavy (non-hydrogen) atoms. The van der Waals surface area contributed by atoms with Crippen molar-refractivity contribution in [2.45, 2.75) is 26.1 Å². The van der Waals surface area contributed by atoms with Gasteiger partial charge in [0.2, 0.25) is 0 Å². The number of hydrogen-bond acceptors (Lipinski definition) is 5. The van der Waals surface area contributed by atoms with Crippen molar-refractivity contribution in [3.05, 3.63) is 45.4 Å². The molecule has 8 heteroatoms. The molecular weight excluding hydrogens is 329 g/mol. The van der Waals surface area contributed by atoms with Crippen molar-refractivity contribution in [2.24, 2.45) is 5.16 Å². The van der Waals surface area contributed by atoms with E-state index in [2.05, 4.69) is 10.1 Å². The van der Waals surface area contributed by atoms with Gasteiger partial charge in [0.05, 0.1) is 12.3 Å². The minimum Gasteiger partial charge on any atom is -0.493 e. The van der Waals surface area contributed by atoms with Gasteiger partial charge in [-0.15, -0.1) is 11.3 Å². The summed E-state index contributed by atoms with van der Waals surface area (Å²) in [6.07, 6.45) is -3.57. The predicted octanol–water partition coefficient (Wildman–Crippen LogP) is 4.04. The second-order valence-electron chi connectivity index (χ2n) is 5.00. The molecule has 0 saturated carbocycles. The molecule has 0 N–H and O–H groups in total. The highest BCUT2D eigenvalue weighted by Crippen LogP contribution is 2.30. The first-order chi connectivity index (χ1) is 10.9. The van der Waals surface area contributed by atoms with Crippen molar-refractivity contribution in [1.29, 1.82) is 0 Å². The first-order valence-corrected chi connectivity index (χ1v) is 7.76. The number of thiazole rings is 1. The third-order valence-corrected chi connectivity index (χ3v) is 4.16. The van der Waals surface area contributed by atoms with Crippen LogP contribution >= 0.6 is 11.3 Å². The number of aromatic nitrogens is 1. The standard InChI is InChI=1S/C15H13F3N2O2S/c1-9(10-2-3-12-11(6-10)4-5-21-12)20-22-7-14-19-13(8-23-14)15(16,17)18/h2-3,6,8H,4-5,7H2,1H3/b20-9+. The monoisotopic (exact) mass is 342 g/mol. The maximum Gasteiger partial charge on any atom is 0.434 e. The zero-order valence-corrected chi connectivity index (χ0v) is 13.0. The smallest absolute Gasteiger partial charge is 0.434 e. The fourth-order valence-electron chi connectivity index (χ4n) is 2.16. The van der Waals surface area contributed by atoms with Gasteiger partial charge in [0.1, 0.15) is 10.8 Å². The fourth-order valence-corrected chi connectivity index (χ4v) is 2.86. The molecule has 0 amide bonds. The van der Waals surface area contributed by atoms with Crippen molar-refractivity contribution in [2.75, 3.05) is 6.61 Å². The van der Waals surface area contributed by atoms with Crippen LogP contribution in [0, 0.1) is 0 Å². The zero-order valence-electron chi connectivity index (χ0n) is 12.2. The summed E-state index contributed by atoms with van der Waals surface area (Å²) in [4.78, 5) is 8.60. The van der Waals surface area contributed by atoms with Crippen LogP contribution in [0.2, 0.25) is 0 Å². The van der Waals surface area contributed by atoms with Gasteiger partial charge >= 0.3 is 6.18 Å². The van der Waals surface area contributed by atoms with E-state index in [0.29, 0.717) is 12.3 Å². The molecular formula is C15H13F3N2O2S. The van der Waals surface area contributed by atoms with Crippen LogP contribution in [0.15, 0.2) is 28.7 Å². The largest absolute Gasteiger partial charge is 0.493 e. The van der Waals surface area contributed by atoms with Crippen LogP contribution in [-0.4, -0.2) is 17.3 Å². The molecule has 1 aromatic carbocycles. The summed E-state index contributed by atoms with van der Waals surface area (Å²) in [7, 11) is 0. The van der Waals surface area contributed by atoms with Gasteiger partial charge < -0.3 is 9.57 Å². The van der Waals surface area contributed by atoms with Crippen LogP contribution in [0.1, 0.15) is 28.8 Å². The minimum absolute atomic E-state index is 0.0911. The van der Waals surface area contributed by atoms with Gasteiger partial charge in [0, 0.05) is 11.8 Å². The van der Waals surface area contributed by atoms with E-state index in [4.69, 9.17) is 9.57 Å². The number of benzene rings is 1. The average molecular weight is 342 g/mol. The topological polar surface area (TPSA) is 43.7 Å². The first kappa shape index (κ1) is 15.8. The van der Waals surface area contributed by atoms with E-state index in [9.17, 15) is 13.2 Å². The maximum absolute atomic E-state index is 12.4. The second kappa shape index (κ2) is 6.19. The highest BCUT2D eigenvalue weighted by molar-refractivity contribution is 7.09. The van der Waals surface area contributed by atoms with Gasteiger partial charge in [-0.1, -0.05) is 5.16 Å². The molecule has 3 rings (SSSR count). The summed E-state index contributed by atoms with van der Waals surface area (Å²) in [5.74, 6) is 0.880. The van der Waals surface area contributed by atoms with Crippen molar-refractivity contribution in [1.82, 2.24) is 4.98 Å². The van der Waals surface area contributed by atoms with Gasteiger partial charge in [-0.25, -0.2) is 4.98 Å². The van der Waals surface area contributed by atoms with Crippen molar-refractivity contribution in [3.63, 3.8) is 0 Å². The van der Waals surface area contributed by atoms with Crippen LogP contribution in [-0.2, 0) is 24.0 Å². The molecule has 0 unspecified atom stereocenters. The van der Waals surface area contributed by atoms with Gasteiger partial charge in [0.25, 0.3) is 0 Å². The summed E-state index contributed by atoms with van der Waals surface area (Å²) in [5.41, 5.74) is 1.75. The Morgan fingerprint density at radius 3 is 3.00 bits per heavy atom. The number of halogens is 3. The van der Waals surface area contributed by atoms with E-state index < -0.39 is 11.9 Å². The Morgan fingerprint density at radius 2 is 2.26 bits per heavy atom. The molecule has 2 aromatic rings. The molecule has 4 nitrogen and oxygen atoms in total. The molecule has 0 aliphatic carbocycles. The molecule has 1 aliphatic heterocycles. The number of rotatable bonds is 4. The highest BCUT2D eigenvalue weighted by Gasteiger charge is 2.33. The first-order valence-electron chi connectivity index (χ1n) is 6.88. The Hall–Kier alpha value is -2.09. The molecule has 0 saturated heterocycles. The Morgan fingerprint density at radius 1 is 1.43 bits per heavy atom. The summed E-state index contributed by atoms with van der Waals surface area (Å²) in [6.45, 7) is 2.36. The third-order valence-electron chi connectivity index (χ3n) is 3.34. The molecule has 0 atom stereocenters. The molecule has 1 aliphatic rings. The molecule has 0 spiro atoms. The lowest BCUT2D eigenvalue weighted by molar-refractivity contribution is -0.140. The molecule has 2 heterocycles. The summed E-state index contributed by atoms with van der Waals surface area (Å²) < 4.78 is 42.8. The van der Waals surface area contributed by atoms with Gasteiger partial charge in [-0.05, 0) is 36.2 Å². The molecule has 1 aromatic heterocycles. The van der Waals surface area contributed by atoms with E-state index in [1.807, 2.05) is 18.2 Å². The zero-order chi connectivity index (χ0) is 16.4. The summed E-state index contributed by atoms with van der Waals surface area (Å²) in [6, 6.07) is 5.74. The Kier molecular flexibility index (Phi) is 4.25. The van der Waals surface area contributed by atoms with E-state index in [0.717, 1.165) is 40.0 Å². The van der Waals surface area contributed by atoms with Gasteiger partial charge in [-0.3, -0.25) is 0 Å². The third kappa shape index (κ3) is 3.64.